The molecule has 0 aromatic heterocycles. The number of halogens is 1. The third-order valence-electron chi connectivity index (χ3n) is 1.87. The van der Waals surface area contributed by atoms with Gasteiger partial charge in [0.05, 0.1) is 13.5 Å². The zero-order chi connectivity index (χ0) is 11.4. The van der Waals surface area contributed by atoms with E-state index in [1.165, 1.54) is 13.2 Å². The number of esters is 1. The molecule has 0 radical (unpaired) electrons. The monoisotopic (exact) mass is 269 g/mol. The molecule has 4 nitrogen and oxygen atoms in total. The lowest BCUT2D eigenvalue weighted by Crippen LogP contribution is -2.05. The number of nitrogens with zero attached hydrogens (tertiary/aromatic N) is 1. The van der Waals surface area contributed by atoms with Gasteiger partial charge in [0.25, 0.3) is 0 Å². The number of carbonyl (C=O) groups is 1. The van der Waals surface area contributed by atoms with Crippen LogP contribution < -0.4 is 0 Å². The van der Waals surface area contributed by atoms with Crippen LogP contribution in [-0.2, 0) is 16.0 Å². The van der Waals surface area contributed by atoms with E-state index in [0.717, 1.165) is 0 Å². The minimum atomic E-state index is -0.398. The number of phenols is 1. The van der Waals surface area contributed by atoms with Crippen LogP contribution in [0.25, 0.3) is 0 Å². The van der Waals surface area contributed by atoms with Crippen LogP contribution in [-0.4, -0.2) is 18.2 Å². The fraction of sp³-hybridized carbons (Fsp3) is 0.200. The van der Waals surface area contributed by atoms with Crippen LogP contribution in [0.15, 0.2) is 16.6 Å². The molecule has 0 spiro atoms. The predicted molar refractivity (Wildman–Crippen MR) is 56.2 cm³/mol. The SMILES string of the molecule is COC(=O)Cc1ccc(O)c(C#N)c1Br. The maximum atomic E-state index is 11.0. The number of carbonyl (C=O) groups excluding carboxylic acids is 1. The summed E-state index contributed by atoms with van der Waals surface area (Å²) in [6, 6.07) is 4.79. The standard InChI is InChI=1S/C10H8BrNO3/c1-15-9(14)4-6-2-3-8(13)7(5-12)10(6)11/h2-3,13H,4H2,1H3. The lowest BCUT2D eigenvalue weighted by atomic mass is 10.1. The molecule has 0 amide bonds. The topological polar surface area (TPSA) is 70.3 Å². The first kappa shape index (κ1) is 11.5. The van der Waals surface area contributed by atoms with E-state index in [4.69, 9.17) is 5.26 Å². The lowest BCUT2D eigenvalue weighted by molar-refractivity contribution is -0.139. The normalized spacial score (nSPS) is 9.40. The Morgan fingerprint density at radius 1 is 1.67 bits per heavy atom. The highest BCUT2D eigenvalue weighted by Crippen LogP contribution is 2.29. The van der Waals surface area contributed by atoms with E-state index in [-0.39, 0.29) is 17.7 Å². The van der Waals surface area contributed by atoms with Crippen LogP contribution in [0.2, 0.25) is 0 Å². The van der Waals surface area contributed by atoms with Crippen molar-refractivity contribution >= 4 is 21.9 Å². The molecule has 1 N–H and O–H groups in total. The molecule has 0 atom stereocenters. The van der Waals surface area contributed by atoms with Gasteiger partial charge in [-0.1, -0.05) is 6.07 Å². The second-order valence-corrected chi connectivity index (χ2v) is 3.59. The first-order valence-corrected chi connectivity index (χ1v) is 4.86. The summed E-state index contributed by atoms with van der Waals surface area (Å²) in [4.78, 5) is 11.0. The Morgan fingerprint density at radius 3 is 2.87 bits per heavy atom. The van der Waals surface area contributed by atoms with Crippen molar-refractivity contribution in [3.8, 4) is 11.8 Å². The fourth-order valence-electron chi connectivity index (χ4n) is 1.08. The third kappa shape index (κ3) is 2.48. The van der Waals surface area contributed by atoms with Crippen molar-refractivity contribution < 1.29 is 14.6 Å². The molecule has 15 heavy (non-hydrogen) atoms. The molecule has 0 heterocycles. The van der Waals surface area contributed by atoms with Crippen molar-refractivity contribution in [2.24, 2.45) is 0 Å². The summed E-state index contributed by atoms with van der Waals surface area (Å²) in [5.41, 5.74) is 0.729. The Kier molecular flexibility index (Phi) is 3.69. The summed E-state index contributed by atoms with van der Waals surface area (Å²) in [6.45, 7) is 0. The van der Waals surface area contributed by atoms with Crippen molar-refractivity contribution in [3.63, 3.8) is 0 Å². The summed E-state index contributed by atoms with van der Waals surface area (Å²) in [5, 5.41) is 18.1. The molecule has 1 rings (SSSR count). The number of benzene rings is 1. The van der Waals surface area contributed by atoms with Gasteiger partial charge < -0.3 is 9.84 Å². The van der Waals surface area contributed by atoms with Crippen molar-refractivity contribution in [2.45, 2.75) is 6.42 Å². The Morgan fingerprint density at radius 2 is 2.33 bits per heavy atom. The average Bonchev–Trinajstić information content (AvgIpc) is 2.23. The number of rotatable bonds is 2. The number of hydrogen-bond acceptors (Lipinski definition) is 4. The molecule has 0 saturated carbocycles. The lowest BCUT2D eigenvalue weighted by Gasteiger charge is -2.05. The van der Waals surface area contributed by atoms with Gasteiger partial charge in [0, 0.05) is 4.47 Å². The maximum Gasteiger partial charge on any atom is 0.310 e. The number of ether oxygens (including phenoxy) is 1. The molecule has 0 bridgehead atoms. The molecule has 5 heteroatoms. The minimum absolute atomic E-state index is 0.0616. The Bertz CT molecular complexity index is 437. The zero-order valence-electron chi connectivity index (χ0n) is 7.95. The Hall–Kier alpha value is -1.54. The van der Waals surface area contributed by atoms with E-state index in [2.05, 4.69) is 20.7 Å². The Balaban J connectivity index is 3.12. The van der Waals surface area contributed by atoms with Crippen LogP contribution in [0.4, 0.5) is 0 Å². The van der Waals surface area contributed by atoms with Crippen LogP contribution in [0, 0.1) is 11.3 Å². The third-order valence-corrected chi connectivity index (χ3v) is 2.78. The van der Waals surface area contributed by atoms with E-state index < -0.39 is 5.97 Å². The summed E-state index contributed by atoms with van der Waals surface area (Å²) in [7, 11) is 1.29. The summed E-state index contributed by atoms with van der Waals surface area (Å²) in [6.07, 6.45) is 0.0616. The van der Waals surface area contributed by atoms with Crippen molar-refractivity contribution in [1.29, 1.82) is 5.26 Å². The molecule has 0 fully saturated rings. The first-order valence-electron chi connectivity index (χ1n) is 4.07. The maximum absolute atomic E-state index is 11.0. The molecule has 0 aliphatic heterocycles. The molecule has 78 valence electrons. The molecule has 1 aromatic carbocycles. The van der Waals surface area contributed by atoms with Gasteiger partial charge in [-0.2, -0.15) is 5.26 Å². The number of phenolic OH excluding ortho intramolecular Hbond substituents is 1. The van der Waals surface area contributed by atoms with E-state index in [0.29, 0.717) is 10.0 Å². The van der Waals surface area contributed by atoms with Gasteiger partial charge in [-0.05, 0) is 27.6 Å². The molecular formula is C10H8BrNO3. The molecule has 0 aliphatic rings. The number of aromatic hydroxyl groups is 1. The smallest absolute Gasteiger partial charge is 0.310 e. The van der Waals surface area contributed by atoms with Gasteiger partial charge in [-0.3, -0.25) is 4.79 Å². The predicted octanol–water partition coefficient (Wildman–Crippen LogP) is 1.74. The average molecular weight is 270 g/mol. The van der Waals surface area contributed by atoms with E-state index in [9.17, 15) is 9.90 Å². The number of nitriles is 1. The van der Waals surface area contributed by atoms with Crippen molar-refractivity contribution in [3.05, 3.63) is 27.7 Å². The highest BCUT2D eigenvalue weighted by atomic mass is 79.9. The van der Waals surface area contributed by atoms with E-state index in [1.807, 2.05) is 6.07 Å². The van der Waals surface area contributed by atoms with Gasteiger partial charge in [-0.15, -0.1) is 0 Å². The van der Waals surface area contributed by atoms with Crippen molar-refractivity contribution in [2.75, 3.05) is 7.11 Å². The number of hydrogen-bond donors (Lipinski definition) is 1. The van der Waals surface area contributed by atoms with Gasteiger partial charge >= 0.3 is 5.97 Å². The van der Waals surface area contributed by atoms with Crippen molar-refractivity contribution in [1.82, 2.24) is 0 Å². The fourth-order valence-corrected chi connectivity index (χ4v) is 1.64. The van der Waals surface area contributed by atoms with Gasteiger partial charge in [0.1, 0.15) is 17.4 Å². The number of methoxy groups -OCH3 is 1. The summed E-state index contributed by atoms with van der Waals surface area (Å²) in [5.74, 6) is -0.511. The molecule has 0 saturated heterocycles. The van der Waals surface area contributed by atoms with E-state index in [1.54, 1.807) is 6.07 Å². The first-order chi connectivity index (χ1) is 7.10. The minimum Gasteiger partial charge on any atom is -0.507 e. The van der Waals surface area contributed by atoms with Gasteiger partial charge in [-0.25, -0.2) is 0 Å². The quantitative estimate of drug-likeness (QED) is 0.831. The summed E-state index contributed by atoms with van der Waals surface area (Å²) < 4.78 is 4.93. The second-order valence-electron chi connectivity index (χ2n) is 2.80. The van der Waals surface area contributed by atoms with Crippen LogP contribution in [0.1, 0.15) is 11.1 Å². The zero-order valence-corrected chi connectivity index (χ0v) is 9.54. The molecule has 1 aromatic rings. The molecular weight excluding hydrogens is 262 g/mol. The van der Waals surface area contributed by atoms with Crippen LogP contribution in [0.5, 0.6) is 5.75 Å². The van der Waals surface area contributed by atoms with Crippen LogP contribution >= 0.6 is 15.9 Å². The van der Waals surface area contributed by atoms with Gasteiger partial charge in [0.2, 0.25) is 0 Å². The highest BCUT2D eigenvalue weighted by Gasteiger charge is 2.13. The summed E-state index contributed by atoms with van der Waals surface area (Å²) >= 11 is 3.16. The van der Waals surface area contributed by atoms with Gasteiger partial charge in [0.15, 0.2) is 0 Å². The largest absolute Gasteiger partial charge is 0.507 e. The molecule has 0 aliphatic carbocycles. The highest BCUT2D eigenvalue weighted by molar-refractivity contribution is 9.10. The molecule has 0 unspecified atom stereocenters. The van der Waals surface area contributed by atoms with E-state index >= 15 is 0 Å². The van der Waals surface area contributed by atoms with Crippen LogP contribution in [0.3, 0.4) is 0 Å². The second kappa shape index (κ2) is 4.80. The Labute approximate surface area is 95.2 Å².